The quantitative estimate of drug-likeness (QED) is 0.323. The molecule has 29 heavy (non-hydrogen) atoms. The monoisotopic (exact) mass is 406 g/mol. The molecule has 1 aromatic rings. The number of ether oxygens (including phenoxy) is 1. The lowest BCUT2D eigenvalue weighted by molar-refractivity contribution is -0.137. The maximum atomic E-state index is 13.0. The number of rotatable bonds is 11. The van der Waals surface area contributed by atoms with Crippen LogP contribution in [-0.4, -0.2) is 59.8 Å². The van der Waals surface area contributed by atoms with Crippen molar-refractivity contribution in [3.63, 3.8) is 0 Å². The first-order chi connectivity index (χ1) is 13.9. The van der Waals surface area contributed by atoms with Crippen LogP contribution in [0.15, 0.2) is 24.3 Å². The standard InChI is InChI=1S/C20H30N4O5/c1-3-24(17-6-4-12-21-17)20(28)19(22-14(2)25)23-15-8-10-16(11-9-15)29-13-5-7-18(26)27/h8-11,17,19,21,23H,3-7,12-13H2,1-2H3,(H,22,25)(H,26,27). The molecule has 2 unspecified atom stereocenters. The molecule has 1 aromatic carbocycles. The van der Waals surface area contributed by atoms with Gasteiger partial charge >= 0.3 is 5.97 Å². The molecule has 4 N–H and O–H groups in total. The van der Waals surface area contributed by atoms with E-state index in [1.54, 1.807) is 29.2 Å². The fraction of sp³-hybridized carbons (Fsp3) is 0.550. The lowest BCUT2D eigenvalue weighted by Crippen LogP contribution is -2.56. The molecule has 9 heteroatoms. The Morgan fingerprint density at radius 1 is 1.31 bits per heavy atom. The average Bonchev–Trinajstić information content (AvgIpc) is 3.20. The van der Waals surface area contributed by atoms with Gasteiger partial charge in [-0.1, -0.05) is 0 Å². The number of aliphatic carboxylic acids is 1. The van der Waals surface area contributed by atoms with Crippen molar-refractivity contribution in [3.05, 3.63) is 24.3 Å². The zero-order chi connectivity index (χ0) is 21.2. The van der Waals surface area contributed by atoms with Crippen LogP contribution in [0.5, 0.6) is 5.75 Å². The lowest BCUT2D eigenvalue weighted by atomic mass is 10.2. The lowest BCUT2D eigenvalue weighted by Gasteiger charge is -2.32. The van der Waals surface area contributed by atoms with Gasteiger partial charge in [0.15, 0.2) is 6.17 Å². The van der Waals surface area contributed by atoms with E-state index in [1.165, 1.54) is 6.92 Å². The summed E-state index contributed by atoms with van der Waals surface area (Å²) < 4.78 is 5.51. The Morgan fingerprint density at radius 3 is 2.59 bits per heavy atom. The summed E-state index contributed by atoms with van der Waals surface area (Å²) in [4.78, 5) is 36.9. The van der Waals surface area contributed by atoms with Crippen LogP contribution in [0.25, 0.3) is 0 Å². The van der Waals surface area contributed by atoms with Gasteiger partial charge in [-0.25, -0.2) is 0 Å². The van der Waals surface area contributed by atoms with Crippen molar-refractivity contribution in [1.29, 1.82) is 0 Å². The molecule has 1 aliphatic heterocycles. The summed E-state index contributed by atoms with van der Waals surface area (Å²) in [7, 11) is 0. The number of hydrogen-bond donors (Lipinski definition) is 4. The first-order valence-electron chi connectivity index (χ1n) is 9.93. The molecule has 2 atom stereocenters. The van der Waals surface area contributed by atoms with Gasteiger partial charge in [0.2, 0.25) is 5.91 Å². The largest absolute Gasteiger partial charge is 0.494 e. The van der Waals surface area contributed by atoms with Gasteiger partial charge in [-0.2, -0.15) is 0 Å². The summed E-state index contributed by atoms with van der Waals surface area (Å²) in [5.74, 6) is -0.745. The van der Waals surface area contributed by atoms with Crippen molar-refractivity contribution in [2.75, 3.05) is 25.0 Å². The number of likely N-dealkylation sites (N-methyl/N-ethyl adjacent to an activating group) is 1. The van der Waals surface area contributed by atoms with E-state index in [-0.39, 0.29) is 24.4 Å². The number of amides is 2. The Hall–Kier alpha value is -2.81. The summed E-state index contributed by atoms with van der Waals surface area (Å²) in [5.41, 5.74) is 0.658. The minimum absolute atomic E-state index is 0.0212. The molecule has 0 aromatic heterocycles. The highest BCUT2D eigenvalue weighted by atomic mass is 16.5. The van der Waals surface area contributed by atoms with Crippen LogP contribution in [0.2, 0.25) is 0 Å². The van der Waals surface area contributed by atoms with Crippen LogP contribution in [0.1, 0.15) is 39.5 Å². The van der Waals surface area contributed by atoms with Gasteiger partial charge in [0.1, 0.15) is 5.75 Å². The Bertz CT molecular complexity index is 689. The molecule has 160 valence electrons. The third kappa shape index (κ3) is 7.26. The van der Waals surface area contributed by atoms with E-state index in [0.717, 1.165) is 19.4 Å². The van der Waals surface area contributed by atoms with Crippen molar-refractivity contribution in [2.45, 2.75) is 51.9 Å². The van der Waals surface area contributed by atoms with Gasteiger partial charge in [0.05, 0.1) is 12.8 Å². The normalized spacial score (nSPS) is 16.7. The van der Waals surface area contributed by atoms with E-state index in [9.17, 15) is 14.4 Å². The van der Waals surface area contributed by atoms with E-state index < -0.39 is 12.1 Å². The second kappa shape index (κ2) is 11.3. The summed E-state index contributed by atoms with van der Waals surface area (Å²) >= 11 is 0. The number of hydrogen-bond acceptors (Lipinski definition) is 6. The maximum Gasteiger partial charge on any atom is 0.303 e. The van der Waals surface area contributed by atoms with Gasteiger partial charge in [-0.15, -0.1) is 0 Å². The number of carbonyl (C=O) groups excluding carboxylic acids is 2. The predicted octanol–water partition coefficient (Wildman–Crippen LogP) is 1.36. The second-order valence-electron chi connectivity index (χ2n) is 6.88. The number of carboxylic acids is 1. The second-order valence-corrected chi connectivity index (χ2v) is 6.88. The third-order valence-electron chi connectivity index (χ3n) is 4.60. The van der Waals surface area contributed by atoms with Crippen LogP contribution in [0.4, 0.5) is 5.69 Å². The average molecular weight is 406 g/mol. The van der Waals surface area contributed by atoms with Gasteiger partial charge in [0, 0.05) is 25.6 Å². The molecule has 0 aliphatic carbocycles. The molecule has 2 rings (SSSR count). The molecule has 9 nitrogen and oxygen atoms in total. The first kappa shape index (κ1) is 22.5. The number of anilines is 1. The zero-order valence-electron chi connectivity index (χ0n) is 16.9. The van der Waals surface area contributed by atoms with Crippen LogP contribution in [0, 0.1) is 0 Å². The molecule has 0 bridgehead atoms. The van der Waals surface area contributed by atoms with Gasteiger partial charge in [-0.3, -0.25) is 19.7 Å². The van der Waals surface area contributed by atoms with Crippen LogP contribution < -0.4 is 20.7 Å². The van der Waals surface area contributed by atoms with E-state index in [4.69, 9.17) is 9.84 Å². The summed E-state index contributed by atoms with van der Waals surface area (Å²) in [6, 6.07) is 6.96. The summed E-state index contributed by atoms with van der Waals surface area (Å²) in [6.07, 6.45) is 1.49. The van der Waals surface area contributed by atoms with E-state index in [0.29, 0.717) is 31.0 Å². The maximum absolute atomic E-state index is 13.0. The zero-order valence-corrected chi connectivity index (χ0v) is 16.9. The smallest absolute Gasteiger partial charge is 0.303 e. The molecule has 0 spiro atoms. The van der Waals surface area contributed by atoms with Crippen molar-refractivity contribution in [3.8, 4) is 5.75 Å². The molecular formula is C20H30N4O5. The molecule has 2 amide bonds. The fourth-order valence-electron chi connectivity index (χ4n) is 3.22. The van der Waals surface area contributed by atoms with Crippen molar-refractivity contribution in [2.24, 2.45) is 0 Å². The van der Waals surface area contributed by atoms with Crippen molar-refractivity contribution >= 4 is 23.5 Å². The minimum Gasteiger partial charge on any atom is -0.494 e. The van der Waals surface area contributed by atoms with Crippen LogP contribution in [0.3, 0.4) is 0 Å². The number of carbonyl (C=O) groups is 3. The van der Waals surface area contributed by atoms with Crippen LogP contribution in [-0.2, 0) is 14.4 Å². The molecular weight excluding hydrogens is 376 g/mol. The SMILES string of the molecule is CCN(C(=O)C(NC(C)=O)Nc1ccc(OCCCC(=O)O)cc1)C1CCCN1. The molecule has 1 saturated heterocycles. The van der Waals surface area contributed by atoms with E-state index in [1.807, 2.05) is 6.92 Å². The highest BCUT2D eigenvalue weighted by molar-refractivity contribution is 5.89. The van der Waals surface area contributed by atoms with Crippen molar-refractivity contribution in [1.82, 2.24) is 15.5 Å². The number of nitrogens with one attached hydrogen (secondary N) is 3. The van der Waals surface area contributed by atoms with Crippen molar-refractivity contribution < 1.29 is 24.2 Å². The molecule has 1 fully saturated rings. The van der Waals surface area contributed by atoms with Gasteiger partial charge in [-0.05, 0) is 57.0 Å². The van der Waals surface area contributed by atoms with Gasteiger partial charge < -0.3 is 25.4 Å². The highest BCUT2D eigenvalue weighted by Crippen LogP contribution is 2.18. The summed E-state index contributed by atoms with van der Waals surface area (Å²) in [6.45, 7) is 5.02. The van der Waals surface area contributed by atoms with E-state index in [2.05, 4.69) is 16.0 Å². The molecule has 1 aliphatic rings. The van der Waals surface area contributed by atoms with E-state index >= 15 is 0 Å². The molecule has 1 heterocycles. The summed E-state index contributed by atoms with van der Waals surface area (Å²) in [5, 5.41) is 17.7. The number of benzene rings is 1. The Morgan fingerprint density at radius 2 is 2.03 bits per heavy atom. The topological polar surface area (TPSA) is 120 Å². The molecule has 0 saturated carbocycles. The highest BCUT2D eigenvalue weighted by Gasteiger charge is 2.30. The first-order valence-corrected chi connectivity index (χ1v) is 9.93. The van der Waals surface area contributed by atoms with Gasteiger partial charge in [0.25, 0.3) is 5.91 Å². The Labute approximate surface area is 170 Å². The minimum atomic E-state index is -0.878. The Balaban J connectivity index is 1.98. The predicted molar refractivity (Wildman–Crippen MR) is 108 cm³/mol. The Kier molecular flexibility index (Phi) is 8.72. The molecule has 0 radical (unpaired) electrons. The van der Waals surface area contributed by atoms with Crippen LogP contribution >= 0.6 is 0 Å². The number of carboxylic acid groups (broad SMARTS) is 1. The fourth-order valence-corrected chi connectivity index (χ4v) is 3.22. The number of nitrogens with zero attached hydrogens (tertiary/aromatic N) is 1. The third-order valence-corrected chi connectivity index (χ3v) is 4.60.